The first-order chi connectivity index (χ1) is 12.5. The van der Waals surface area contributed by atoms with Gasteiger partial charge in [0.05, 0.1) is 0 Å². The minimum atomic E-state index is -1.43. The number of nitrogens with one attached hydrogen (secondary N) is 1. The van der Waals surface area contributed by atoms with Gasteiger partial charge in [-0.25, -0.2) is 9.18 Å². The number of hydrogen-bond acceptors (Lipinski definition) is 3. The number of thioether (sulfide) groups is 1. The number of rotatable bonds is 5. The lowest BCUT2D eigenvalue weighted by molar-refractivity contribution is -0.133. The summed E-state index contributed by atoms with van der Waals surface area (Å²) in [7, 11) is 0. The van der Waals surface area contributed by atoms with Crippen molar-refractivity contribution in [3.8, 4) is 0 Å². The van der Waals surface area contributed by atoms with Crippen molar-refractivity contribution in [1.29, 1.82) is 0 Å². The molecule has 2 N–H and O–H groups in total. The predicted molar refractivity (Wildman–Crippen MR) is 101 cm³/mol. The van der Waals surface area contributed by atoms with Crippen LogP contribution in [-0.2, 0) is 9.59 Å². The van der Waals surface area contributed by atoms with Crippen molar-refractivity contribution in [3.05, 3.63) is 65.3 Å². The number of carbonyl (C=O) groups is 2. The Hall–Kier alpha value is -2.34. The Bertz CT molecular complexity index is 816. The summed E-state index contributed by atoms with van der Waals surface area (Å²) in [5, 5.41) is 12.0. The number of aliphatic carboxylic acids is 1. The Morgan fingerprint density at radius 1 is 1.23 bits per heavy atom. The molecule has 0 fully saturated rings. The quantitative estimate of drug-likeness (QED) is 0.772. The molecule has 0 heterocycles. The molecule has 1 aromatic rings. The number of carbonyl (C=O) groups excluding carboxylic acids is 1. The molecule has 1 amide bonds. The van der Waals surface area contributed by atoms with Gasteiger partial charge < -0.3 is 10.4 Å². The molecule has 2 unspecified atom stereocenters. The van der Waals surface area contributed by atoms with Crippen LogP contribution in [0.4, 0.5) is 4.39 Å². The van der Waals surface area contributed by atoms with Crippen LogP contribution in [0.2, 0.25) is 0 Å². The van der Waals surface area contributed by atoms with Crippen LogP contribution in [0.1, 0.15) is 24.8 Å². The highest BCUT2D eigenvalue weighted by atomic mass is 32.2. The lowest BCUT2D eigenvalue weighted by Gasteiger charge is -2.35. The van der Waals surface area contributed by atoms with Crippen molar-refractivity contribution >= 4 is 29.2 Å². The zero-order valence-electron chi connectivity index (χ0n) is 14.4. The number of alkyl halides is 1. The summed E-state index contributed by atoms with van der Waals surface area (Å²) in [6.07, 6.45) is 6.64. The van der Waals surface area contributed by atoms with E-state index in [1.165, 1.54) is 17.8 Å². The second-order valence-corrected chi connectivity index (χ2v) is 7.37. The molecule has 0 spiro atoms. The van der Waals surface area contributed by atoms with E-state index in [1.54, 1.807) is 18.4 Å². The van der Waals surface area contributed by atoms with E-state index in [0.717, 1.165) is 11.1 Å². The number of carboxylic acid groups (broad SMARTS) is 1. The number of allylic oxidation sites excluding steroid dienone is 2. The van der Waals surface area contributed by atoms with E-state index in [9.17, 15) is 14.7 Å². The standard InChI is InChI=1S/C20H20FNO3S/c1-26-20(22-18(23)15-8-5-9-16(15)19(24)25)11-10-14(12-17(20)21)13-6-3-2-4-7-13/h2-4,6-7,10-12,17H,5,8-9H2,1H3,(H,22,23)(H,24,25). The van der Waals surface area contributed by atoms with Crippen LogP contribution in [0.15, 0.2) is 59.7 Å². The first-order valence-electron chi connectivity index (χ1n) is 8.40. The largest absolute Gasteiger partial charge is 0.478 e. The van der Waals surface area contributed by atoms with Crippen molar-refractivity contribution in [2.45, 2.75) is 30.3 Å². The maximum Gasteiger partial charge on any atom is 0.332 e. The Labute approximate surface area is 155 Å². The molecule has 0 saturated carbocycles. The molecule has 26 heavy (non-hydrogen) atoms. The van der Waals surface area contributed by atoms with E-state index >= 15 is 4.39 Å². The first kappa shape index (κ1) is 18.5. The van der Waals surface area contributed by atoms with Crippen molar-refractivity contribution in [1.82, 2.24) is 5.32 Å². The average Bonchev–Trinajstić information content (AvgIpc) is 3.14. The lowest BCUT2D eigenvalue weighted by Crippen LogP contribution is -2.51. The van der Waals surface area contributed by atoms with Crippen LogP contribution >= 0.6 is 11.8 Å². The molecule has 136 valence electrons. The van der Waals surface area contributed by atoms with Gasteiger partial charge in [0, 0.05) is 11.1 Å². The molecule has 0 saturated heterocycles. The fraction of sp³-hybridized carbons (Fsp3) is 0.300. The average molecular weight is 373 g/mol. The molecule has 0 radical (unpaired) electrons. The number of halogens is 1. The summed E-state index contributed by atoms with van der Waals surface area (Å²) < 4.78 is 15.0. The molecule has 3 rings (SSSR count). The van der Waals surface area contributed by atoms with E-state index in [4.69, 9.17) is 0 Å². The minimum Gasteiger partial charge on any atom is -0.478 e. The highest BCUT2D eigenvalue weighted by Crippen LogP contribution is 2.37. The van der Waals surface area contributed by atoms with Gasteiger partial charge in [-0.1, -0.05) is 36.4 Å². The zero-order valence-corrected chi connectivity index (χ0v) is 15.2. The monoisotopic (exact) mass is 373 g/mol. The van der Waals surface area contributed by atoms with Crippen LogP contribution in [0.25, 0.3) is 5.57 Å². The highest BCUT2D eigenvalue weighted by molar-refractivity contribution is 8.00. The lowest BCUT2D eigenvalue weighted by atomic mass is 9.95. The van der Waals surface area contributed by atoms with E-state index in [0.29, 0.717) is 19.3 Å². The Morgan fingerprint density at radius 3 is 2.54 bits per heavy atom. The fourth-order valence-corrected chi connectivity index (χ4v) is 3.98. The normalized spacial score (nSPS) is 25.2. The third-order valence-corrected chi connectivity index (χ3v) is 5.89. The molecule has 0 aliphatic heterocycles. The van der Waals surface area contributed by atoms with Gasteiger partial charge in [-0.3, -0.25) is 4.79 Å². The summed E-state index contributed by atoms with van der Waals surface area (Å²) in [4.78, 5) is 22.7. The number of hydrogen-bond donors (Lipinski definition) is 2. The zero-order chi connectivity index (χ0) is 18.7. The van der Waals surface area contributed by atoms with Crippen LogP contribution in [-0.4, -0.2) is 34.3 Å². The second-order valence-electron chi connectivity index (χ2n) is 6.29. The van der Waals surface area contributed by atoms with Crippen molar-refractivity contribution in [2.24, 2.45) is 0 Å². The van der Waals surface area contributed by atoms with Gasteiger partial charge in [-0.05, 0) is 48.8 Å². The van der Waals surface area contributed by atoms with Crippen molar-refractivity contribution < 1.29 is 19.1 Å². The van der Waals surface area contributed by atoms with E-state index in [-0.39, 0.29) is 11.1 Å². The van der Waals surface area contributed by atoms with Gasteiger partial charge in [-0.15, -0.1) is 11.8 Å². The molecule has 6 heteroatoms. The van der Waals surface area contributed by atoms with Crippen LogP contribution < -0.4 is 5.32 Å². The molecule has 0 aromatic heterocycles. The maximum atomic E-state index is 15.0. The number of carboxylic acids is 1. The first-order valence-corrected chi connectivity index (χ1v) is 9.63. The SMILES string of the molecule is CSC1(NC(=O)C2=C(C(=O)O)CCC2)C=CC(c2ccccc2)=CC1F. The predicted octanol–water partition coefficient (Wildman–Crippen LogP) is 3.72. The molecule has 1 aromatic carbocycles. The molecule has 4 nitrogen and oxygen atoms in total. The van der Waals surface area contributed by atoms with Crippen molar-refractivity contribution in [3.63, 3.8) is 0 Å². The minimum absolute atomic E-state index is 0.134. The Morgan fingerprint density at radius 2 is 1.92 bits per heavy atom. The molecule has 2 aliphatic rings. The molecule has 0 bridgehead atoms. The molecular weight excluding hydrogens is 353 g/mol. The van der Waals surface area contributed by atoms with E-state index in [1.807, 2.05) is 30.3 Å². The molecule has 2 aliphatic carbocycles. The summed E-state index contributed by atoms with van der Waals surface area (Å²) in [5.41, 5.74) is 2.04. The number of amides is 1. The fourth-order valence-electron chi connectivity index (χ4n) is 3.29. The summed E-state index contributed by atoms with van der Waals surface area (Å²) in [6.45, 7) is 0. The third kappa shape index (κ3) is 3.46. The Balaban J connectivity index is 1.84. The van der Waals surface area contributed by atoms with Gasteiger partial charge in [0.2, 0.25) is 5.91 Å². The van der Waals surface area contributed by atoms with Gasteiger partial charge in [0.1, 0.15) is 4.87 Å². The van der Waals surface area contributed by atoms with Crippen LogP contribution in [0.3, 0.4) is 0 Å². The van der Waals surface area contributed by atoms with Gasteiger partial charge in [0.25, 0.3) is 0 Å². The highest BCUT2D eigenvalue weighted by Gasteiger charge is 2.40. The van der Waals surface area contributed by atoms with Gasteiger partial charge >= 0.3 is 5.97 Å². The third-order valence-electron chi connectivity index (χ3n) is 4.75. The topological polar surface area (TPSA) is 66.4 Å². The summed E-state index contributed by atoms with van der Waals surface area (Å²) in [6, 6.07) is 9.46. The van der Waals surface area contributed by atoms with E-state index in [2.05, 4.69) is 5.32 Å². The van der Waals surface area contributed by atoms with Crippen LogP contribution in [0.5, 0.6) is 0 Å². The van der Waals surface area contributed by atoms with Gasteiger partial charge in [0.15, 0.2) is 6.17 Å². The van der Waals surface area contributed by atoms with Crippen LogP contribution in [0, 0.1) is 0 Å². The summed E-state index contributed by atoms with van der Waals surface area (Å²) in [5.74, 6) is -1.58. The maximum absolute atomic E-state index is 15.0. The molecule has 2 atom stereocenters. The molecular formula is C20H20FNO3S. The Kier molecular flexibility index (Phi) is 5.32. The second kappa shape index (κ2) is 7.50. The van der Waals surface area contributed by atoms with Crippen molar-refractivity contribution in [2.75, 3.05) is 6.26 Å². The number of benzene rings is 1. The van der Waals surface area contributed by atoms with E-state index < -0.39 is 22.9 Å². The van der Waals surface area contributed by atoms with Gasteiger partial charge in [-0.2, -0.15) is 0 Å². The smallest absolute Gasteiger partial charge is 0.332 e. The summed E-state index contributed by atoms with van der Waals surface area (Å²) >= 11 is 1.19.